The minimum absolute atomic E-state index is 0.128. The number of aromatic nitrogens is 1. The van der Waals surface area contributed by atoms with Crippen LogP contribution in [0.4, 0.5) is 11.4 Å². The fraction of sp³-hybridized carbons (Fsp3) is 0.400. The molecule has 8 heteroatoms. The third-order valence-electron chi connectivity index (χ3n) is 4.92. The van der Waals surface area contributed by atoms with Gasteiger partial charge in [0.15, 0.2) is 0 Å². The van der Waals surface area contributed by atoms with Gasteiger partial charge in [-0.1, -0.05) is 33.8 Å². The molecular formula is C20H25BrN4O2S. The van der Waals surface area contributed by atoms with Crippen molar-refractivity contribution >= 4 is 44.2 Å². The van der Waals surface area contributed by atoms with E-state index in [0.29, 0.717) is 19.0 Å². The number of hydrazine groups is 1. The van der Waals surface area contributed by atoms with Gasteiger partial charge in [-0.2, -0.15) is 0 Å². The lowest BCUT2D eigenvalue weighted by molar-refractivity contribution is -0.115. The number of halogens is 1. The lowest BCUT2D eigenvalue weighted by Gasteiger charge is -2.41. The quantitative estimate of drug-likeness (QED) is 0.720. The highest BCUT2D eigenvalue weighted by Gasteiger charge is 2.33. The number of rotatable bonds is 5. The zero-order valence-electron chi connectivity index (χ0n) is 16.5. The van der Waals surface area contributed by atoms with Gasteiger partial charge in [0.1, 0.15) is 11.7 Å². The van der Waals surface area contributed by atoms with E-state index in [1.54, 1.807) is 7.11 Å². The molecule has 6 nitrogen and oxygen atoms in total. The Morgan fingerprint density at radius 3 is 2.79 bits per heavy atom. The van der Waals surface area contributed by atoms with Crippen molar-refractivity contribution in [3.8, 4) is 5.88 Å². The Morgan fingerprint density at radius 1 is 1.32 bits per heavy atom. The molecular weight excluding hydrogens is 440 g/mol. The standard InChI is InChI=1S/C20H25BrN4O2S/c1-13-10-17(19(27-3)22-14(13)2)23-25-9-8-24(12-18(25)20(26)28-4)16-7-5-6-15(21)11-16/h5-7,10-11,18,23H,8-9,12H2,1-4H3. The van der Waals surface area contributed by atoms with Crippen molar-refractivity contribution in [2.75, 3.05) is 43.3 Å². The molecule has 1 aromatic carbocycles. The number of nitrogens with one attached hydrogen (secondary N) is 1. The van der Waals surface area contributed by atoms with E-state index in [9.17, 15) is 4.79 Å². The second-order valence-electron chi connectivity index (χ2n) is 6.72. The van der Waals surface area contributed by atoms with Crippen molar-refractivity contribution in [3.05, 3.63) is 46.1 Å². The van der Waals surface area contributed by atoms with Gasteiger partial charge in [-0.15, -0.1) is 0 Å². The maximum absolute atomic E-state index is 12.7. The number of hydrogen-bond donors (Lipinski definition) is 1. The molecule has 28 heavy (non-hydrogen) atoms. The molecule has 3 rings (SSSR count). The Balaban J connectivity index is 1.84. The minimum atomic E-state index is -0.283. The van der Waals surface area contributed by atoms with Crippen LogP contribution in [-0.4, -0.2) is 54.1 Å². The zero-order valence-corrected chi connectivity index (χ0v) is 18.9. The normalized spacial score (nSPS) is 17.5. The smallest absolute Gasteiger partial charge is 0.238 e. The molecule has 150 valence electrons. The summed E-state index contributed by atoms with van der Waals surface area (Å²) in [6, 6.07) is 9.91. The molecule has 1 N–H and O–H groups in total. The Kier molecular flexibility index (Phi) is 6.85. The van der Waals surface area contributed by atoms with Crippen LogP contribution in [0.3, 0.4) is 0 Å². The molecule has 1 unspecified atom stereocenters. The second-order valence-corrected chi connectivity index (χ2v) is 8.44. The van der Waals surface area contributed by atoms with Crippen LogP contribution >= 0.6 is 27.7 Å². The highest BCUT2D eigenvalue weighted by atomic mass is 79.9. The van der Waals surface area contributed by atoms with Crippen molar-refractivity contribution in [2.45, 2.75) is 19.9 Å². The van der Waals surface area contributed by atoms with Crippen LogP contribution < -0.4 is 15.1 Å². The molecule has 0 spiro atoms. The van der Waals surface area contributed by atoms with E-state index in [1.807, 2.05) is 43.3 Å². The molecule has 1 atom stereocenters. The molecule has 1 fully saturated rings. The average Bonchev–Trinajstić information content (AvgIpc) is 2.70. The van der Waals surface area contributed by atoms with E-state index in [2.05, 4.69) is 43.4 Å². The van der Waals surface area contributed by atoms with Gasteiger partial charge in [0, 0.05) is 35.5 Å². The van der Waals surface area contributed by atoms with Gasteiger partial charge in [0.25, 0.3) is 0 Å². The van der Waals surface area contributed by atoms with Crippen LogP contribution in [0.25, 0.3) is 0 Å². The number of ether oxygens (including phenoxy) is 1. The van der Waals surface area contributed by atoms with Crippen LogP contribution in [0, 0.1) is 13.8 Å². The van der Waals surface area contributed by atoms with Gasteiger partial charge < -0.3 is 15.1 Å². The van der Waals surface area contributed by atoms with Crippen molar-refractivity contribution in [1.29, 1.82) is 0 Å². The fourth-order valence-electron chi connectivity index (χ4n) is 3.24. The van der Waals surface area contributed by atoms with Crippen molar-refractivity contribution in [3.63, 3.8) is 0 Å². The third-order valence-corrected chi connectivity index (χ3v) is 6.08. The summed E-state index contributed by atoms with van der Waals surface area (Å²) >= 11 is 4.79. The van der Waals surface area contributed by atoms with Gasteiger partial charge in [-0.25, -0.2) is 9.99 Å². The SMILES string of the molecule is COc1nc(C)c(C)cc1NN1CCN(c2cccc(Br)c2)CC1C(=O)SC. The van der Waals surface area contributed by atoms with E-state index >= 15 is 0 Å². The monoisotopic (exact) mass is 464 g/mol. The molecule has 1 aromatic heterocycles. The van der Waals surface area contributed by atoms with Gasteiger partial charge in [0.2, 0.25) is 11.0 Å². The molecule has 1 aliphatic heterocycles. The number of hydrogen-bond acceptors (Lipinski definition) is 7. The zero-order chi connectivity index (χ0) is 20.3. The Hall–Kier alpha value is -1.77. The molecule has 0 bridgehead atoms. The first-order valence-corrected chi connectivity index (χ1v) is 11.1. The van der Waals surface area contributed by atoms with Gasteiger partial charge in [-0.3, -0.25) is 4.79 Å². The molecule has 0 radical (unpaired) electrons. The second kappa shape index (κ2) is 9.15. The van der Waals surface area contributed by atoms with Gasteiger partial charge in [0.05, 0.1) is 7.11 Å². The van der Waals surface area contributed by atoms with E-state index < -0.39 is 0 Å². The summed E-state index contributed by atoms with van der Waals surface area (Å²) in [5.74, 6) is 0.535. The largest absolute Gasteiger partial charge is 0.479 e. The molecule has 0 amide bonds. The number of methoxy groups -OCH3 is 1. The van der Waals surface area contributed by atoms with Gasteiger partial charge >= 0.3 is 0 Å². The summed E-state index contributed by atoms with van der Waals surface area (Å²) in [5, 5.41) is 2.13. The van der Waals surface area contributed by atoms with Crippen molar-refractivity contribution in [1.82, 2.24) is 9.99 Å². The van der Waals surface area contributed by atoms with Crippen molar-refractivity contribution in [2.24, 2.45) is 0 Å². The summed E-state index contributed by atoms with van der Waals surface area (Å²) < 4.78 is 6.47. The van der Waals surface area contributed by atoms with Gasteiger partial charge in [-0.05, 0) is 49.9 Å². The minimum Gasteiger partial charge on any atom is -0.479 e. The van der Waals surface area contributed by atoms with E-state index in [1.165, 1.54) is 11.8 Å². The first kappa shape index (κ1) is 21.0. The topological polar surface area (TPSA) is 57.7 Å². The summed E-state index contributed by atoms with van der Waals surface area (Å²) in [6.07, 6.45) is 1.83. The number of nitrogens with zero attached hydrogens (tertiary/aromatic N) is 3. The number of carbonyl (C=O) groups is 1. The number of piperazine rings is 1. The van der Waals surface area contributed by atoms with Crippen LogP contribution in [0.5, 0.6) is 5.88 Å². The number of thioether (sulfide) groups is 1. The van der Waals surface area contributed by atoms with E-state index in [4.69, 9.17) is 4.74 Å². The summed E-state index contributed by atoms with van der Waals surface area (Å²) in [7, 11) is 1.61. The number of carbonyl (C=O) groups excluding carboxylic acids is 1. The fourth-order valence-corrected chi connectivity index (χ4v) is 4.10. The molecule has 0 saturated carbocycles. The molecule has 0 aliphatic carbocycles. The van der Waals surface area contributed by atoms with Crippen LogP contribution in [0.15, 0.2) is 34.8 Å². The lowest BCUT2D eigenvalue weighted by atomic mass is 10.1. The summed E-state index contributed by atoms with van der Waals surface area (Å²) in [6.45, 7) is 6.09. The van der Waals surface area contributed by atoms with Crippen LogP contribution in [-0.2, 0) is 4.79 Å². The van der Waals surface area contributed by atoms with E-state index in [0.717, 1.165) is 33.6 Å². The number of pyridine rings is 1. The average molecular weight is 465 g/mol. The number of anilines is 2. The van der Waals surface area contributed by atoms with E-state index in [-0.39, 0.29) is 11.2 Å². The van der Waals surface area contributed by atoms with Crippen molar-refractivity contribution < 1.29 is 9.53 Å². The predicted octanol–water partition coefficient (Wildman–Crippen LogP) is 3.88. The summed E-state index contributed by atoms with van der Waals surface area (Å²) in [4.78, 5) is 19.4. The lowest BCUT2D eigenvalue weighted by Crippen LogP contribution is -2.58. The Labute approximate surface area is 178 Å². The van der Waals surface area contributed by atoms with Crippen LogP contribution in [0.1, 0.15) is 11.3 Å². The first-order valence-electron chi connectivity index (χ1n) is 9.06. The predicted molar refractivity (Wildman–Crippen MR) is 119 cm³/mol. The third kappa shape index (κ3) is 4.61. The number of aryl methyl sites for hydroxylation is 2. The maximum Gasteiger partial charge on any atom is 0.238 e. The first-order chi connectivity index (χ1) is 13.4. The highest BCUT2D eigenvalue weighted by molar-refractivity contribution is 9.10. The molecule has 2 aromatic rings. The van der Waals surface area contributed by atoms with Crippen LogP contribution in [0.2, 0.25) is 0 Å². The maximum atomic E-state index is 12.7. The molecule has 1 aliphatic rings. The molecule has 1 saturated heterocycles. The Morgan fingerprint density at radius 2 is 2.11 bits per heavy atom. The molecule has 2 heterocycles. The number of benzene rings is 1. The summed E-state index contributed by atoms with van der Waals surface area (Å²) in [5.41, 5.74) is 7.28. The Bertz CT molecular complexity index is 864. The highest BCUT2D eigenvalue weighted by Crippen LogP contribution is 2.28.